The normalized spacial score (nSPS) is 22.8. The second-order valence-corrected chi connectivity index (χ2v) is 7.31. The zero-order valence-corrected chi connectivity index (χ0v) is 14.0. The maximum Gasteiger partial charge on any atom is 0.352 e. The number of hydrogen-bond donors (Lipinski definition) is 3. The number of thioether (sulfide) groups is 1. The third-order valence-electron chi connectivity index (χ3n) is 4.61. The van der Waals surface area contributed by atoms with Crippen LogP contribution in [0.25, 0.3) is 10.8 Å². The minimum absolute atomic E-state index is 0.0306. The van der Waals surface area contributed by atoms with Gasteiger partial charge in [0.15, 0.2) is 0 Å². The highest BCUT2D eigenvalue weighted by molar-refractivity contribution is 8.00. The highest BCUT2D eigenvalue weighted by Gasteiger charge is 2.51. The van der Waals surface area contributed by atoms with E-state index in [1.807, 2.05) is 30.3 Å². The Bertz CT molecular complexity index is 940. The van der Waals surface area contributed by atoms with E-state index < -0.39 is 12.0 Å². The number of nitrogens with two attached hydrogens (primary N) is 1. The van der Waals surface area contributed by atoms with Gasteiger partial charge in [-0.1, -0.05) is 30.3 Å². The Morgan fingerprint density at radius 1 is 1.32 bits per heavy atom. The van der Waals surface area contributed by atoms with Crippen LogP contribution >= 0.6 is 11.8 Å². The predicted octanol–water partition coefficient (Wildman–Crippen LogP) is 1.67. The fourth-order valence-electron chi connectivity index (χ4n) is 3.42. The Kier molecular flexibility index (Phi) is 3.70. The molecule has 7 heteroatoms. The number of rotatable bonds is 3. The average Bonchev–Trinajstić information content (AvgIpc) is 2.60. The summed E-state index contributed by atoms with van der Waals surface area (Å²) in [4.78, 5) is 25.0. The number of carbonyl (C=O) groups is 2. The highest BCUT2D eigenvalue weighted by atomic mass is 32.2. The molecule has 1 amide bonds. The molecule has 0 saturated carbocycles. The molecule has 0 bridgehead atoms. The maximum atomic E-state index is 12.0. The van der Waals surface area contributed by atoms with Crippen LogP contribution in [-0.4, -0.2) is 44.2 Å². The van der Waals surface area contributed by atoms with Gasteiger partial charge in [-0.15, -0.1) is 11.8 Å². The number of hydrogen-bond acceptors (Lipinski definition) is 5. The number of phenols is 1. The second kappa shape index (κ2) is 5.79. The fourth-order valence-corrected chi connectivity index (χ4v) is 4.71. The molecule has 0 unspecified atom stereocenters. The number of carbonyl (C=O) groups excluding carboxylic acids is 1. The number of fused-ring (bicyclic) bond motifs is 2. The monoisotopic (exact) mass is 356 g/mol. The Labute approximate surface area is 147 Å². The van der Waals surface area contributed by atoms with E-state index in [1.165, 1.54) is 16.7 Å². The van der Waals surface area contributed by atoms with Crippen molar-refractivity contribution in [2.75, 3.05) is 5.75 Å². The van der Waals surface area contributed by atoms with Gasteiger partial charge in [0.1, 0.15) is 22.9 Å². The van der Waals surface area contributed by atoms with Crippen LogP contribution < -0.4 is 5.73 Å². The van der Waals surface area contributed by atoms with Crippen molar-refractivity contribution in [3.8, 4) is 5.75 Å². The lowest BCUT2D eigenvalue weighted by molar-refractivity contribution is -0.148. The smallest absolute Gasteiger partial charge is 0.352 e. The third kappa shape index (κ3) is 2.47. The molecule has 0 aromatic heterocycles. The topological polar surface area (TPSA) is 104 Å². The molecular weight excluding hydrogens is 340 g/mol. The molecule has 128 valence electrons. The molecule has 2 atom stereocenters. The van der Waals surface area contributed by atoms with Crippen molar-refractivity contribution >= 4 is 34.4 Å². The first-order valence-corrected chi connectivity index (χ1v) is 8.88. The van der Waals surface area contributed by atoms with E-state index in [4.69, 9.17) is 5.73 Å². The van der Waals surface area contributed by atoms with Crippen LogP contribution in [0, 0.1) is 0 Å². The lowest BCUT2D eigenvalue weighted by Crippen LogP contribution is -2.68. The number of aromatic hydroxyl groups is 1. The molecule has 6 nitrogen and oxygen atoms in total. The second-order valence-electron chi connectivity index (χ2n) is 6.21. The number of carboxylic acids is 1. The summed E-state index contributed by atoms with van der Waals surface area (Å²) in [6.07, 6.45) is 0.360. The molecule has 4 N–H and O–H groups in total. The van der Waals surface area contributed by atoms with E-state index in [-0.39, 0.29) is 22.7 Å². The summed E-state index contributed by atoms with van der Waals surface area (Å²) in [5.41, 5.74) is 7.25. The summed E-state index contributed by atoms with van der Waals surface area (Å²) >= 11 is 1.48. The van der Waals surface area contributed by atoms with Gasteiger partial charge in [-0.3, -0.25) is 9.69 Å². The highest BCUT2D eigenvalue weighted by Crippen LogP contribution is 2.40. The van der Waals surface area contributed by atoms with Crippen LogP contribution in [0.1, 0.15) is 5.56 Å². The van der Waals surface area contributed by atoms with Crippen LogP contribution in [0.5, 0.6) is 5.75 Å². The first kappa shape index (κ1) is 16.0. The molecular formula is C18H16N2O4S. The molecule has 2 aliphatic rings. The zero-order chi connectivity index (χ0) is 17.7. The predicted molar refractivity (Wildman–Crippen MR) is 95.0 cm³/mol. The number of amides is 1. The maximum absolute atomic E-state index is 12.0. The molecule has 0 radical (unpaired) electrons. The number of aliphatic carboxylic acids is 1. The lowest BCUT2D eigenvalue weighted by atomic mass is 9.97. The fraction of sp³-hybridized carbons (Fsp3) is 0.222. The van der Waals surface area contributed by atoms with Crippen LogP contribution in [-0.2, 0) is 16.0 Å². The van der Waals surface area contributed by atoms with E-state index >= 15 is 0 Å². The first-order chi connectivity index (χ1) is 12.0. The average molecular weight is 356 g/mol. The van der Waals surface area contributed by atoms with Crippen molar-refractivity contribution in [3.05, 3.63) is 53.2 Å². The first-order valence-electron chi connectivity index (χ1n) is 7.83. The van der Waals surface area contributed by atoms with Gasteiger partial charge in [0.2, 0.25) is 5.91 Å². The number of benzene rings is 2. The summed E-state index contributed by atoms with van der Waals surface area (Å²) < 4.78 is 0. The van der Waals surface area contributed by atoms with Crippen LogP contribution in [0.2, 0.25) is 0 Å². The molecule has 2 heterocycles. The van der Waals surface area contributed by atoms with Crippen molar-refractivity contribution in [1.82, 2.24) is 4.90 Å². The van der Waals surface area contributed by atoms with Gasteiger partial charge in [-0.2, -0.15) is 0 Å². The van der Waals surface area contributed by atoms with E-state index in [2.05, 4.69) is 0 Å². The summed E-state index contributed by atoms with van der Waals surface area (Å²) in [6, 6.07) is 10.4. The van der Waals surface area contributed by atoms with Crippen LogP contribution in [0.3, 0.4) is 0 Å². The molecule has 2 aromatic carbocycles. The van der Waals surface area contributed by atoms with E-state index in [0.29, 0.717) is 17.7 Å². The minimum atomic E-state index is -1.12. The van der Waals surface area contributed by atoms with Crippen molar-refractivity contribution < 1.29 is 19.8 Å². The molecule has 25 heavy (non-hydrogen) atoms. The zero-order valence-electron chi connectivity index (χ0n) is 13.2. The Morgan fingerprint density at radius 3 is 2.84 bits per heavy atom. The van der Waals surface area contributed by atoms with Crippen molar-refractivity contribution in [2.24, 2.45) is 5.73 Å². The van der Waals surface area contributed by atoms with Gasteiger partial charge in [0.05, 0.1) is 0 Å². The minimum Gasteiger partial charge on any atom is -0.507 e. The quantitative estimate of drug-likeness (QED) is 0.723. The summed E-state index contributed by atoms with van der Waals surface area (Å²) in [6.45, 7) is 0. The molecule has 4 rings (SSSR count). The van der Waals surface area contributed by atoms with Gasteiger partial charge in [-0.05, 0) is 29.0 Å². The van der Waals surface area contributed by atoms with E-state index in [9.17, 15) is 19.8 Å². The number of nitrogens with zero attached hydrogens (tertiary/aromatic N) is 1. The number of carboxylic acid groups (broad SMARTS) is 1. The van der Waals surface area contributed by atoms with E-state index in [0.717, 1.165) is 16.3 Å². The van der Waals surface area contributed by atoms with Crippen LogP contribution in [0.15, 0.2) is 47.7 Å². The van der Waals surface area contributed by atoms with Gasteiger partial charge in [0, 0.05) is 11.1 Å². The van der Waals surface area contributed by atoms with Crippen molar-refractivity contribution in [3.63, 3.8) is 0 Å². The Hall–Kier alpha value is -2.51. The third-order valence-corrected chi connectivity index (χ3v) is 5.97. The summed E-state index contributed by atoms with van der Waals surface area (Å²) in [5, 5.41) is 21.1. The Balaban J connectivity index is 1.74. The standard InChI is InChI=1S/C18H16N2O4S/c19-14-16(22)20-15(18(23)24)11(8-25-17(14)20)6-9-5-10-3-1-2-4-12(10)13(21)7-9/h1-5,7,14,17,21H,6,8,19H2,(H,23,24)/t14-,17-/m1/s1. The van der Waals surface area contributed by atoms with Gasteiger partial charge in [0.25, 0.3) is 0 Å². The van der Waals surface area contributed by atoms with Crippen molar-refractivity contribution in [2.45, 2.75) is 17.8 Å². The molecule has 2 aliphatic heterocycles. The van der Waals surface area contributed by atoms with Crippen LogP contribution in [0.4, 0.5) is 0 Å². The molecule has 0 aliphatic carbocycles. The molecule has 2 aromatic rings. The van der Waals surface area contributed by atoms with Gasteiger partial charge >= 0.3 is 5.97 Å². The van der Waals surface area contributed by atoms with Gasteiger partial charge < -0.3 is 15.9 Å². The largest absolute Gasteiger partial charge is 0.507 e. The Morgan fingerprint density at radius 2 is 2.08 bits per heavy atom. The van der Waals surface area contributed by atoms with Crippen molar-refractivity contribution in [1.29, 1.82) is 0 Å². The summed E-state index contributed by atoms with van der Waals surface area (Å²) in [7, 11) is 0. The van der Waals surface area contributed by atoms with E-state index in [1.54, 1.807) is 6.07 Å². The number of β-lactam (4-membered cyclic amide) rings is 1. The van der Waals surface area contributed by atoms with Gasteiger partial charge in [-0.25, -0.2) is 4.79 Å². The molecule has 1 saturated heterocycles. The summed E-state index contributed by atoms with van der Waals surface area (Å²) in [5.74, 6) is -0.815. The number of phenolic OH excluding ortho intramolecular Hbond substituents is 1. The molecule has 1 fully saturated rings. The molecule has 0 spiro atoms. The SMILES string of the molecule is N[C@@H]1C(=O)N2C(C(=O)O)=C(Cc3cc(O)c4ccccc4c3)CS[C@H]12. The lowest BCUT2D eigenvalue weighted by Gasteiger charge is -2.48.